The Morgan fingerprint density at radius 1 is 1.29 bits per heavy atom. The number of rotatable bonds is 3. The summed E-state index contributed by atoms with van der Waals surface area (Å²) in [6, 6.07) is 7.01. The van der Waals surface area contributed by atoms with E-state index < -0.39 is 0 Å². The first-order valence-electron chi connectivity index (χ1n) is 8.04. The predicted molar refractivity (Wildman–Crippen MR) is 90.2 cm³/mol. The maximum Gasteiger partial charge on any atom is 0.111 e. The van der Waals surface area contributed by atoms with E-state index in [0.29, 0.717) is 17.3 Å². The number of hydrogen-bond donors (Lipinski definition) is 0. The molecule has 1 heterocycles. The van der Waals surface area contributed by atoms with Crippen molar-refractivity contribution in [2.45, 2.75) is 58.9 Å². The van der Waals surface area contributed by atoms with Gasteiger partial charge >= 0.3 is 0 Å². The number of benzene rings is 1. The second-order valence-corrected chi connectivity index (χ2v) is 7.55. The van der Waals surface area contributed by atoms with E-state index in [1.165, 1.54) is 42.6 Å². The summed E-state index contributed by atoms with van der Waals surface area (Å²) in [5.41, 5.74) is 4.27. The third-order valence-corrected chi connectivity index (χ3v) is 5.17. The zero-order valence-electron chi connectivity index (χ0n) is 13.3. The quantitative estimate of drug-likeness (QED) is 0.707. The van der Waals surface area contributed by atoms with Crippen LogP contribution in [0.5, 0.6) is 0 Å². The van der Waals surface area contributed by atoms with Crippen LogP contribution >= 0.6 is 11.6 Å². The lowest BCUT2D eigenvalue weighted by Crippen LogP contribution is -2.24. The molecule has 1 saturated carbocycles. The number of halogens is 1. The van der Waals surface area contributed by atoms with Crippen LogP contribution in [0.2, 0.25) is 0 Å². The lowest BCUT2D eigenvalue weighted by Gasteiger charge is -2.36. The Kier molecular flexibility index (Phi) is 4.00. The van der Waals surface area contributed by atoms with Gasteiger partial charge in [0.1, 0.15) is 5.82 Å². The van der Waals surface area contributed by atoms with Crippen LogP contribution in [0.15, 0.2) is 18.2 Å². The maximum atomic E-state index is 6.01. The first-order valence-corrected chi connectivity index (χ1v) is 8.58. The molecule has 0 saturated heterocycles. The minimum Gasteiger partial charge on any atom is -0.325 e. The van der Waals surface area contributed by atoms with E-state index in [0.717, 1.165) is 11.9 Å². The van der Waals surface area contributed by atoms with Crippen LogP contribution < -0.4 is 0 Å². The van der Waals surface area contributed by atoms with Gasteiger partial charge in [-0.15, -0.1) is 11.6 Å². The summed E-state index contributed by atoms with van der Waals surface area (Å²) in [7, 11) is 0. The van der Waals surface area contributed by atoms with E-state index in [2.05, 4.69) is 43.5 Å². The molecule has 3 heteroatoms. The van der Waals surface area contributed by atoms with Gasteiger partial charge < -0.3 is 4.57 Å². The smallest absolute Gasteiger partial charge is 0.111 e. The largest absolute Gasteiger partial charge is 0.325 e. The molecule has 21 heavy (non-hydrogen) atoms. The second kappa shape index (κ2) is 5.64. The summed E-state index contributed by atoms with van der Waals surface area (Å²) >= 11 is 6.01. The molecule has 1 aromatic carbocycles. The molecule has 1 aromatic heterocycles. The van der Waals surface area contributed by atoms with Gasteiger partial charge in [-0.05, 0) is 49.7 Å². The van der Waals surface area contributed by atoms with E-state index in [-0.39, 0.29) is 0 Å². The number of hydrogen-bond acceptors (Lipinski definition) is 1. The minimum absolute atomic E-state index is 0.495. The lowest BCUT2D eigenvalue weighted by atomic mass is 9.75. The average Bonchev–Trinajstić information content (AvgIpc) is 2.79. The second-order valence-electron chi connectivity index (χ2n) is 7.18. The number of aromatic nitrogens is 2. The minimum atomic E-state index is 0.495. The van der Waals surface area contributed by atoms with Crippen molar-refractivity contribution in [3.05, 3.63) is 29.6 Å². The molecule has 0 aliphatic heterocycles. The van der Waals surface area contributed by atoms with Crippen molar-refractivity contribution in [2.75, 3.05) is 5.88 Å². The lowest BCUT2D eigenvalue weighted by molar-refractivity contribution is 0.194. The van der Waals surface area contributed by atoms with Crippen molar-refractivity contribution >= 4 is 22.6 Å². The highest BCUT2D eigenvalue weighted by atomic mass is 35.5. The van der Waals surface area contributed by atoms with Gasteiger partial charge in [0.2, 0.25) is 0 Å². The van der Waals surface area contributed by atoms with Gasteiger partial charge in [0.25, 0.3) is 0 Å². The molecule has 2 nitrogen and oxygen atoms in total. The predicted octanol–water partition coefficient (Wildman–Crippen LogP) is 5.27. The van der Waals surface area contributed by atoms with E-state index in [1.807, 2.05) is 0 Å². The third kappa shape index (κ3) is 2.83. The standard InChI is InChI=1S/C18H25ClN2/c1-13-5-4-6-15-17(13)21(16(20-15)9-12-19)14-7-10-18(2,3)11-8-14/h4-6,14H,7-12H2,1-3H3. The van der Waals surface area contributed by atoms with Crippen LogP contribution in [-0.4, -0.2) is 15.4 Å². The van der Waals surface area contributed by atoms with Gasteiger partial charge in [-0.25, -0.2) is 4.98 Å². The molecule has 0 spiro atoms. The Labute approximate surface area is 132 Å². The molecular weight excluding hydrogens is 280 g/mol. The summed E-state index contributed by atoms with van der Waals surface area (Å²) in [5.74, 6) is 1.81. The fraction of sp³-hybridized carbons (Fsp3) is 0.611. The number of aryl methyl sites for hydroxylation is 2. The number of para-hydroxylation sites is 1. The maximum absolute atomic E-state index is 6.01. The van der Waals surface area contributed by atoms with Crippen LogP contribution in [-0.2, 0) is 6.42 Å². The van der Waals surface area contributed by atoms with Crippen LogP contribution in [0.3, 0.4) is 0 Å². The van der Waals surface area contributed by atoms with Crippen molar-refractivity contribution in [1.82, 2.24) is 9.55 Å². The van der Waals surface area contributed by atoms with Gasteiger partial charge in [0, 0.05) is 18.3 Å². The SMILES string of the molecule is Cc1cccc2nc(CCCl)n(C3CCC(C)(C)CC3)c12. The Morgan fingerprint density at radius 3 is 2.67 bits per heavy atom. The van der Waals surface area contributed by atoms with E-state index in [9.17, 15) is 0 Å². The molecule has 0 radical (unpaired) electrons. The van der Waals surface area contributed by atoms with E-state index in [4.69, 9.17) is 16.6 Å². The van der Waals surface area contributed by atoms with Crippen LogP contribution in [0.1, 0.15) is 57.0 Å². The molecule has 114 valence electrons. The molecule has 0 bridgehead atoms. The third-order valence-electron chi connectivity index (χ3n) is 4.98. The number of nitrogens with zero attached hydrogens (tertiary/aromatic N) is 2. The Morgan fingerprint density at radius 2 is 2.00 bits per heavy atom. The zero-order valence-corrected chi connectivity index (χ0v) is 14.1. The molecule has 1 aliphatic carbocycles. The van der Waals surface area contributed by atoms with Gasteiger partial charge in [0.05, 0.1) is 11.0 Å². The molecule has 0 atom stereocenters. The fourth-order valence-electron chi connectivity index (χ4n) is 3.67. The average molecular weight is 305 g/mol. The summed E-state index contributed by atoms with van der Waals surface area (Å²) < 4.78 is 2.50. The normalized spacial score (nSPS) is 19.2. The van der Waals surface area contributed by atoms with Gasteiger partial charge in [-0.3, -0.25) is 0 Å². The van der Waals surface area contributed by atoms with Gasteiger partial charge in [0.15, 0.2) is 0 Å². The highest BCUT2D eigenvalue weighted by molar-refractivity contribution is 6.17. The van der Waals surface area contributed by atoms with Crippen molar-refractivity contribution in [3.8, 4) is 0 Å². The van der Waals surface area contributed by atoms with Crippen LogP contribution in [0.4, 0.5) is 0 Å². The monoisotopic (exact) mass is 304 g/mol. The molecule has 0 amide bonds. The van der Waals surface area contributed by atoms with E-state index in [1.54, 1.807) is 0 Å². The first-order chi connectivity index (χ1) is 10.0. The Balaban J connectivity index is 2.05. The van der Waals surface area contributed by atoms with Gasteiger partial charge in [-0.2, -0.15) is 0 Å². The number of fused-ring (bicyclic) bond motifs is 1. The summed E-state index contributed by atoms with van der Waals surface area (Å²) in [6.45, 7) is 6.97. The van der Waals surface area contributed by atoms with Gasteiger partial charge in [-0.1, -0.05) is 26.0 Å². The van der Waals surface area contributed by atoms with Crippen molar-refractivity contribution in [2.24, 2.45) is 5.41 Å². The van der Waals surface area contributed by atoms with Crippen molar-refractivity contribution in [1.29, 1.82) is 0 Å². The zero-order chi connectivity index (χ0) is 15.0. The van der Waals surface area contributed by atoms with Crippen molar-refractivity contribution < 1.29 is 0 Å². The van der Waals surface area contributed by atoms with Crippen LogP contribution in [0.25, 0.3) is 11.0 Å². The fourth-order valence-corrected chi connectivity index (χ4v) is 3.83. The number of imidazole rings is 1. The Hall–Kier alpha value is -1.02. The molecule has 1 fully saturated rings. The topological polar surface area (TPSA) is 17.8 Å². The van der Waals surface area contributed by atoms with E-state index >= 15 is 0 Å². The number of alkyl halides is 1. The molecule has 2 aromatic rings. The first kappa shape index (κ1) is 14.9. The highest BCUT2D eigenvalue weighted by Gasteiger charge is 2.29. The summed E-state index contributed by atoms with van der Waals surface area (Å²) in [4.78, 5) is 4.85. The Bertz CT molecular complexity index is 632. The molecule has 3 rings (SSSR count). The molecule has 0 N–H and O–H groups in total. The summed E-state index contributed by atoms with van der Waals surface area (Å²) in [6.07, 6.45) is 5.95. The van der Waals surface area contributed by atoms with Crippen molar-refractivity contribution in [3.63, 3.8) is 0 Å². The molecular formula is C18H25ClN2. The summed E-state index contributed by atoms with van der Waals surface area (Å²) in [5, 5.41) is 0. The van der Waals surface area contributed by atoms with Crippen LogP contribution in [0, 0.1) is 12.3 Å². The highest BCUT2D eigenvalue weighted by Crippen LogP contribution is 2.42. The molecule has 1 aliphatic rings. The molecule has 0 unspecified atom stereocenters.